The Hall–Kier alpha value is -2.20. The van der Waals surface area contributed by atoms with E-state index < -0.39 is 9.84 Å². The molecule has 9 nitrogen and oxygen atoms in total. The fraction of sp³-hybridized carbons (Fsp3) is 0.462. The van der Waals surface area contributed by atoms with Gasteiger partial charge >= 0.3 is 0 Å². The molecule has 0 amide bonds. The molecule has 1 aliphatic rings. The topological polar surface area (TPSA) is 113 Å². The molecule has 0 radical (unpaired) electrons. The fourth-order valence-electron chi connectivity index (χ4n) is 2.21. The zero-order valence-corrected chi connectivity index (χ0v) is 13.7. The lowest BCUT2D eigenvalue weighted by molar-refractivity contribution is 0.122. The maximum atomic E-state index is 11.9. The summed E-state index contributed by atoms with van der Waals surface area (Å²) in [5, 5.41) is 9.67. The van der Waals surface area contributed by atoms with Gasteiger partial charge in [0.05, 0.1) is 13.2 Å². The van der Waals surface area contributed by atoms with Crippen molar-refractivity contribution in [3.8, 4) is 0 Å². The van der Waals surface area contributed by atoms with Crippen LogP contribution in [0, 0.1) is 6.92 Å². The van der Waals surface area contributed by atoms with Crippen LogP contribution in [-0.4, -0.2) is 61.1 Å². The number of sulfone groups is 1. The number of aromatic nitrogens is 4. The number of hydrogen-bond acceptors (Lipinski definition) is 8. The van der Waals surface area contributed by atoms with Gasteiger partial charge in [0, 0.05) is 37.2 Å². The third-order valence-corrected chi connectivity index (χ3v) is 4.17. The molecule has 1 fully saturated rings. The van der Waals surface area contributed by atoms with Gasteiger partial charge in [-0.25, -0.2) is 18.4 Å². The highest BCUT2D eigenvalue weighted by Crippen LogP contribution is 2.21. The Balaban J connectivity index is 1.97. The van der Waals surface area contributed by atoms with Crippen molar-refractivity contribution in [1.29, 1.82) is 0 Å². The highest BCUT2D eigenvalue weighted by Gasteiger charge is 2.19. The van der Waals surface area contributed by atoms with E-state index in [9.17, 15) is 8.42 Å². The number of nitrogens with one attached hydrogen (secondary N) is 2. The second-order valence-electron chi connectivity index (χ2n) is 5.33. The Morgan fingerprint density at radius 1 is 1.22 bits per heavy atom. The maximum absolute atomic E-state index is 11.9. The summed E-state index contributed by atoms with van der Waals surface area (Å²) in [5.41, 5.74) is 0.887. The van der Waals surface area contributed by atoms with Crippen LogP contribution in [0.5, 0.6) is 0 Å². The first-order valence-electron chi connectivity index (χ1n) is 7.13. The molecule has 124 valence electrons. The van der Waals surface area contributed by atoms with Gasteiger partial charge in [-0.15, -0.1) is 0 Å². The van der Waals surface area contributed by atoms with Gasteiger partial charge in [0.15, 0.2) is 5.82 Å². The minimum absolute atomic E-state index is 0.212. The summed E-state index contributed by atoms with van der Waals surface area (Å²) >= 11 is 0. The predicted molar refractivity (Wildman–Crippen MR) is 84.8 cm³/mol. The van der Waals surface area contributed by atoms with Gasteiger partial charge in [-0.1, -0.05) is 0 Å². The molecule has 0 aliphatic carbocycles. The number of nitrogens with zero attached hydrogens (tertiary/aromatic N) is 4. The molecule has 3 heterocycles. The van der Waals surface area contributed by atoms with Crippen LogP contribution in [0.3, 0.4) is 0 Å². The van der Waals surface area contributed by atoms with Crippen LogP contribution in [-0.2, 0) is 14.6 Å². The first-order valence-corrected chi connectivity index (χ1v) is 9.02. The van der Waals surface area contributed by atoms with E-state index in [1.165, 1.54) is 0 Å². The SMILES string of the molecule is Cc1cc(Nc2cc(N3CCOCC3)nc(S(C)(=O)=O)n2)n[nH]1. The molecule has 0 unspecified atom stereocenters. The van der Waals surface area contributed by atoms with Gasteiger partial charge in [-0.2, -0.15) is 5.10 Å². The Kier molecular flexibility index (Phi) is 4.18. The molecule has 0 atom stereocenters. The van der Waals surface area contributed by atoms with Crippen LogP contribution in [0.25, 0.3) is 0 Å². The van der Waals surface area contributed by atoms with E-state index in [2.05, 4.69) is 25.5 Å². The monoisotopic (exact) mass is 338 g/mol. The summed E-state index contributed by atoms with van der Waals surface area (Å²) < 4.78 is 29.0. The van der Waals surface area contributed by atoms with Crippen LogP contribution in [0.4, 0.5) is 17.5 Å². The zero-order valence-electron chi connectivity index (χ0n) is 12.9. The Morgan fingerprint density at radius 3 is 2.57 bits per heavy atom. The lowest BCUT2D eigenvalue weighted by Gasteiger charge is -2.28. The number of anilines is 3. The van der Waals surface area contributed by atoms with Gasteiger partial charge in [-0.3, -0.25) is 5.10 Å². The number of H-pyrrole nitrogens is 1. The Bertz CT molecular complexity index is 798. The maximum Gasteiger partial charge on any atom is 0.250 e. The Labute approximate surface area is 134 Å². The van der Waals surface area contributed by atoms with Crippen LogP contribution >= 0.6 is 0 Å². The molecule has 0 spiro atoms. The number of aryl methyl sites for hydroxylation is 1. The van der Waals surface area contributed by atoms with Crippen molar-refractivity contribution in [2.75, 3.05) is 42.8 Å². The molecule has 1 saturated heterocycles. The average molecular weight is 338 g/mol. The van der Waals surface area contributed by atoms with Crippen LogP contribution < -0.4 is 10.2 Å². The number of aromatic amines is 1. The van der Waals surface area contributed by atoms with Crippen LogP contribution in [0.2, 0.25) is 0 Å². The third kappa shape index (κ3) is 3.77. The van der Waals surface area contributed by atoms with E-state index in [0.717, 1.165) is 11.9 Å². The molecule has 2 aromatic rings. The molecule has 2 N–H and O–H groups in total. The van der Waals surface area contributed by atoms with Crippen molar-refractivity contribution < 1.29 is 13.2 Å². The quantitative estimate of drug-likeness (QED) is 0.775. The van der Waals surface area contributed by atoms with Crippen molar-refractivity contribution in [2.45, 2.75) is 12.1 Å². The second kappa shape index (κ2) is 6.13. The smallest absolute Gasteiger partial charge is 0.250 e. The van der Waals surface area contributed by atoms with E-state index in [1.807, 2.05) is 11.8 Å². The molecule has 1 aliphatic heterocycles. The molecule has 10 heteroatoms. The molecule has 0 bridgehead atoms. The summed E-state index contributed by atoms with van der Waals surface area (Å²) in [4.78, 5) is 10.2. The normalized spacial score (nSPS) is 15.7. The number of rotatable bonds is 4. The minimum Gasteiger partial charge on any atom is -0.378 e. The molecule has 0 saturated carbocycles. The third-order valence-electron chi connectivity index (χ3n) is 3.32. The number of morpholine rings is 1. The lowest BCUT2D eigenvalue weighted by Crippen LogP contribution is -2.37. The molecular weight excluding hydrogens is 320 g/mol. The van der Waals surface area contributed by atoms with Crippen molar-refractivity contribution in [1.82, 2.24) is 20.2 Å². The highest BCUT2D eigenvalue weighted by atomic mass is 32.2. The molecular formula is C13H18N6O3S. The largest absolute Gasteiger partial charge is 0.378 e. The van der Waals surface area contributed by atoms with E-state index in [-0.39, 0.29) is 5.16 Å². The standard InChI is InChI=1S/C13H18N6O3S/c1-9-7-11(18-17-9)14-10-8-12(19-3-5-22-6-4-19)16-13(15-10)23(2,20)21/h7-8H,3-6H2,1-2H3,(H2,14,15,16,17,18). The molecule has 0 aromatic carbocycles. The van der Waals surface area contributed by atoms with Gasteiger partial charge in [0.25, 0.3) is 5.16 Å². The fourth-order valence-corrected chi connectivity index (χ4v) is 2.73. The van der Waals surface area contributed by atoms with E-state index in [1.54, 1.807) is 12.1 Å². The first-order chi connectivity index (χ1) is 10.9. The van der Waals surface area contributed by atoms with Gasteiger partial charge in [0.1, 0.15) is 11.6 Å². The lowest BCUT2D eigenvalue weighted by atomic mass is 10.4. The van der Waals surface area contributed by atoms with Crippen LogP contribution in [0.15, 0.2) is 17.3 Å². The molecule has 23 heavy (non-hydrogen) atoms. The van der Waals surface area contributed by atoms with E-state index >= 15 is 0 Å². The zero-order chi connectivity index (χ0) is 16.4. The van der Waals surface area contributed by atoms with Gasteiger partial charge in [-0.05, 0) is 6.92 Å². The summed E-state index contributed by atoms with van der Waals surface area (Å²) in [6, 6.07) is 3.51. The van der Waals surface area contributed by atoms with Gasteiger partial charge < -0.3 is 15.0 Å². The number of hydrogen-bond donors (Lipinski definition) is 2. The predicted octanol–water partition coefficient (Wildman–Crippen LogP) is 0.492. The summed E-state index contributed by atoms with van der Waals surface area (Å²) in [7, 11) is -3.52. The summed E-state index contributed by atoms with van der Waals surface area (Å²) in [6.07, 6.45) is 1.09. The van der Waals surface area contributed by atoms with E-state index in [0.29, 0.717) is 43.8 Å². The summed E-state index contributed by atoms with van der Waals surface area (Å²) in [6.45, 7) is 4.35. The Morgan fingerprint density at radius 2 is 1.96 bits per heavy atom. The molecule has 2 aromatic heterocycles. The average Bonchev–Trinajstić information content (AvgIpc) is 2.92. The second-order valence-corrected chi connectivity index (χ2v) is 7.24. The highest BCUT2D eigenvalue weighted by molar-refractivity contribution is 7.90. The van der Waals surface area contributed by atoms with Crippen molar-refractivity contribution in [2.24, 2.45) is 0 Å². The van der Waals surface area contributed by atoms with E-state index in [4.69, 9.17) is 4.74 Å². The number of ether oxygens (including phenoxy) is 1. The molecule has 3 rings (SSSR count). The summed E-state index contributed by atoms with van der Waals surface area (Å²) in [5.74, 6) is 1.50. The van der Waals surface area contributed by atoms with Crippen molar-refractivity contribution in [3.05, 3.63) is 17.8 Å². The van der Waals surface area contributed by atoms with Gasteiger partial charge in [0.2, 0.25) is 9.84 Å². The van der Waals surface area contributed by atoms with Crippen molar-refractivity contribution >= 4 is 27.3 Å². The van der Waals surface area contributed by atoms with Crippen molar-refractivity contribution in [3.63, 3.8) is 0 Å². The van der Waals surface area contributed by atoms with Crippen LogP contribution in [0.1, 0.15) is 5.69 Å². The first kappa shape index (κ1) is 15.7. The minimum atomic E-state index is -3.52.